The highest BCUT2D eigenvalue weighted by molar-refractivity contribution is 5.12. The zero-order chi connectivity index (χ0) is 12.5. The SMILES string of the molecule is CC(C)N1CCCC(O)(c2ccnn2C)CC1. The quantitative estimate of drug-likeness (QED) is 0.847. The van der Waals surface area contributed by atoms with Crippen LogP contribution in [0.4, 0.5) is 0 Å². The summed E-state index contributed by atoms with van der Waals surface area (Å²) in [5, 5.41) is 15.0. The molecule has 1 fully saturated rings. The molecule has 1 atom stereocenters. The van der Waals surface area contributed by atoms with Crippen molar-refractivity contribution in [1.29, 1.82) is 0 Å². The van der Waals surface area contributed by atoms with E-state index in [4.69, 9.17) is 0 Å². The third-order valence-electron chi connectivity index (χ3n) is 3.88. The standard InChI is InChI=1S/C13H23N3O/c1-11(2)16-9-4-6-13(17,7-10-16)12-5-8-14-15(12)3/h5,8,11,17H,4,6-7,9-10H2,1-3H3. The average molecular weight is 237 g/mol. The maximum absolute atomic E-state index is 10.8. The highest BCUT2D eigenvalue weighted by Gasteiger charge is 2.34. The normalized spacial score (nSPS) is 27.4. The van der Waals surface area contributed by atoms with Crippen molar-refractivity contribution >= 4 is 0 Å². The molecule has 0 bridgehead atoms. The van der Waals surface area contributed by atoms with E-state index in [1.807, 2.05) is 13.1 Å². The largest absolute Gasteiger partial charge is 0.384 e. The minimum atomic E-state index is -0.700. The number of hydrogen-bond donors (Lipinski definition) is 1. The molecule has 17 heavy (non-hydrogen) atoms. The van der Waals surface area contributed by atoms with Gasteiger partial charge in [-0.3, -0.25) is 4.68 Å². The molecule has 4 nitrogen and oxygen atoms in total. The first-order chi connectivity index (χ1) is 8.03. The zero-order valence-electron chi connectivity index (χ0n) is 11.1. The monoisotopic (exact) mass is 237 g/mol. The summed E-state index contributed by atoms with van der Waals surface area (Å²) < 4.78 is 1.80. The molecular formula is C13H23N3O. The fraction of sp³-hybridized carbons (Fsp3) is 0.769. The van der Waals surface area contributed by atoms with Crippen molar-refractivity contribution < 1.29 is 5.11 Å². The van der Waals surface area contributed by atoms with Crippen LogP contribution in [0.1, 0.15) is 38.8 Å². The summed E-state index contributed by atoms with van der Waals surface area (Å²) in [6.07, 6.45) is 4.43. The van der Waals surface area contributed by atoms with Gasteiger partial charge in [0.15, 0.2) is 0 Å². The molecule has 96 valence electrons. The van der Waals surface area contributed by atoms with Gasteiger partial charge in [0, 0.05) is 25.8 Å². The van der Waals surface area contributed by atoms with Gasteiger partial charge in [-0.2, -0.15) is 5.10 Å². The van der Waals surface area contributed by atoms with Gasteiger partial charge in [0.25, 0.3) is 0 Å². The molecule has 2 heterocycles. The lowest BCUT2D eigenvalue weighted by Gasteiger charge is -2.28. The van der Waals surface area contributed by atoms with Gasteiger partial charge in [0.05, 0.1) is 5.69 Å². The molecule has 0 aliphatic carbocycles. The molecule has 1 unspecified atom stereocenters. The van der Waals surface area contributed by atoms with E-state index in [0.717, 1.165) is 38.0 Å². The van der Waals surface area contributed by atoms with Crippen molar-refractivity contribution in [2.24, 2.45) is 7.05 Å². The summed E-state index contributed by atoms with van der Waals surface area (Å²) >= 11 is 0. The van der Waals surface area contributed by atoms with Crippen molar-refractivity contribution in [2.75, 3.05) is 13.1 Å². The minimum absolute atomic E-state index is 0.559. The number of aromatic nitrogens is 2. The fourth-order valence-corrected chi connectivity index (χ4v) is 2.74. The van der Waals surface area contributed by atoms with Gasteiger partial charge in [-0.05, 0) is 45.7 Å². The topological polar surface area (TPSA) is 41.3 Å². The smallest absolute Gasteiger partial charge is 0.107 e. The lowest BCUT2D eigenvalue weighted by molar-refractivity contribution is 0.0126. The molecule has 1 saturated heterocycles. The van der Waals surface area contributed by atoms with E-state index in [9.17, 15) is 5.11 Å². The Morgan fingerprint density at radius 2 is 2.12 bits per heavy atom. The van der Waals surface area contributed by atoms with Gasteiger partial charge in [-0.1, -0.05) is 0 Å². The number of likely N-dealkylation sites (tertiary alicyclic amines) is 1. The Bertz CT molecular complexity index is 374. The summed E-state index contributed by atoms with van der Waals surface area (Å²) in [4.78, 5) is 2.44. The molecule has 0 aromatic carbocycles. The maximum Gasteiger partial charge on any atom is 0.107 e. The van der Waals surface area contributed by atoms with Crippen LogP contribution in [0.3, 0.4) is 0 Å². The van der Waals surface area contributed by atoms with Crippen LogP contribution in [0.5, 0.6) is 0 Å². The van der Waals surface area contributed by atoms with Crippen LogP contribution in [0, 0.1) is 0 Å². The number of nitrogens with zero attached hydrogens (tertiary/aromatic N) is 3. The molecule has 0 saturated carbocycles. The Morgan fingerprint density at radius 1 is 1.35 bits per heavy atom. The van der Waals surface area contributed by atoms with Crippen LogP contribution in [0.25, 0.3) is 0 Å². The molecule has 1 N–H and O–H groups in total. The second kappa shape index (κ2) is 4.78. The second-order valence-corrected chi connectivity index (χ2v) is 5.35. The van der Waals surface area contributed by atoms with Crippen LogP contribution in [-0.2, 0) is 12.6 Å². The Labute approximate surface area is 103 Å². The van der Waals surface area contributed by atoms with Crippen LogP contribution in [0.2, 0.25) is 0 Å². The summed E-state index contributed by atoms with van der Waals surface area (Å²) in [6, 6.07) is 2.49. The Morgan fingerprint density at radius 3 is 2.71 bits per heavy atom. The van der Waals surface area contributed by atoms with Gasteiger partial charge in [-0.25, -0.2) is 0 Å². The predicted molar refractivity (Wildman–Crippen MR) is 67.7 cm³/mol. The first-order valence-electron chi connectivity index (χ1n) is 6.48. The van der Waals surface area contributed by atoms with Crippen molar-refractivity contribution in [2.45, 2.75) is 44.8 Å². The third-order valence-corrected chi connectivity index (χ3v) is 3.88. The molecule has 2 rings (SSSR count). The van der Waals surface area contributed by atoms with Crippen LogP contribution in [-0.4, -0.2) is 38.9 Å². The van der Waals surface area contributed by atoms with E-state index in [1.54, 1.807) is 10.9 Å². The Kier molecular flexibility index (Phi) is 3.54. The predicted octanol–water partition coefficient (Wildman–Crippen LogP) is 1.50. The Balaban J connectivity index is 2.15. The van der Waals surface area contributed by atoms with E-state index in [-0.39, 0.29) is 0 Å². The average Bonchev–Trinajstić information content (AvgIpc) is 2.59. The molecule has 1 aromatic heterocycles. The van der Waals surface area contributed by atoms with Crippen molar-refractivity contribution in [3.63, 3.8) is 0 Å². The molecular weight excluding hydrogens is 214 g/mol. The lowest BCUT2D eigenvalue weighted by atomic mass is 9.91. The lowest BCUT2D eigenvalue weighted by Crippen LogP contribution is -2.34. The molecule has 1 aliphatic heterocycles. The summed E-state index contributed by atoms with van der Waals surface area (Å²) in [6.45, 7) is 6.47. The van der Waals surface area contributed by atoms with Gasteiger partial charge in [0.1, 0.15) is 5.60 Å². The molecule has 1 aliphatic rings. The maximum atomic E-state index is 10.8. The summed E-state index contributed by atoms with van der Waals surface area (Å²) in [7, 11) is 1.90. The van der Waals surface area contributed by atoms with Crippen LogP contribution in [0.15, 0.2) is 12.3 Å². The first-order valence-corrected chi connectivity index (χ1v) is 6.48. The zero-order valence-corrected chi connectivity index (χ0v) is 11.1. The molecule has 0 spiro atoms. The van der Waals surface area contributed by atoms with Crippen LogP contribution >= 0.6 is 0 Å². The highest BCUT2D eigenvalue weighted by Crippen LogP contribution is 2.32. The number of aliphatic hydroxyl groups is 1. The summed E-state index contributed by atoms with van der Waals surface area (Å²) in [5.74, 6) is 0. The molecule has 4 heteroatoms. The molecule has 1 aromatic rings. The summed E-state index contributed by atoms with van der Waals surface area (Å²) in [5.41, 5.74) is 0.248. The van der Waals surface area contributed by atoms with Gasteiger partial charge in [-0.15, -0.1) is 0 Å². The molecule has 0 amide bonds. The van der Waals surface area contributed by atoms with E-state index < -0.39 is 5.60 Å². The van der Waals surface area contributed by atoms with Gasteiger partial charge < -0.3 is 10.0 Å². The fourth-order valence-electron chi connectivity index (χ4n) is 2.74. The highest BCUT2D eigenvalue weighted by atomic mass is 16.3. The van der Waals surface area contributed by atoms with Gasteiger partial charge in [0.2, 0.25) is 0 Å². The molecule has 0 radical (unpaired) electrons. The van der Waals surface area contributed by atoms with E-state index in [2.05, 4.69) is 23.8 Å². The van der Waals surface area contributed by atoms with Crippen LogP contribution < -0.4 is 0 Å². The van der Waals surface area contributed by atoms with E-state index >= 15 is 0 Å². The van der Waals surface area contributed by atoms with Gasteiger partial charge >= 0.3 is 0 Å². The third kappa shape index (κ3) is 2.53. The number of aryl methyl sites for hydroxylation is 1. The van der Waals surface area contributed by atoms with Crippen molar-refractivity contribution in [3.8, 4) is 0 Å². The second-order valence-electron chi connectivity index (χ2n) is 5.35. The van der Waals surface area contributed by atoms with Crippen molar-refractivity contribution in [1.82, 2.24) is 14.7 Å². The Hall–Kier alpha value is -0.870. The number of rotatable bonds is 2. The first kappa shape index (κ1) is 12.6. The van der Waals surface area contributed by atoms with Crippen molar-refractivity contribution in [3.05, 3.63) is 18.0 Å². The van der Waals surface area contributed by atoms with E-state index in [0.29, 0.717) is 6.04 Å². The van der Waals surface area contributed by atoms with E-state index in [1.165, 1.54) is 0 Å². The number of hydrogen-bond acceptors (Lipinski definition) is 3. The minimum Gasteiger partial charge on any atom is -0.384 e.